The van der Waals surface area contributed by atoms with Crippen LogP contribution < -0.4 is 0 Å². The van der Waals surface area contributed by atoms with E-state index in [1.165, 1.54) is 5.06 Å². The molecule has 0 saturated carbocycles. The lowest BCUT2D eigenvalue weighted by molar-refractivity contribution is -0.109. The molecule has 0 unspecified atom stereocenters. The van der Waals surface area contributed by atoms with Crippen LogP contribution in [-0.4, -0.2) is 34.1 Å². The molecule has 0 bridgehead atoms. The van der Waals surface area contributed by atoms with E-state index in [0.29, 0.717) is 36.2 Å². The highest BCUT2D eigenvalue weighted by molar-refractivity contribution is 9.10. The lowest BCUT2D eigenvalue weighted by Gasteiger charge is -2.26. The van der Waals surface area contributed by atoms with Crippen molar-refractivity contribution in [1.29, 1.82) is 0 Å². The van der Waals surface area contributed by atoms with E-state index in [1.54, 1.807) is 12.1 Å². The minimum Gasteiger partial charge on any atom is -0.314 e. The number of aromatic nitrogens is 1. The summed E-state index contributed by atoms with van der Waals surface area (Å²) in [7, 11) is 0. The molecule has 1 aliphatic rings. The normalized spacial score (nSPS) is 18.6. The molecule has 0 spiro atoms. The molecule has 0 amide bonds. The van der Waals surface area contributed by atoms with E-state index in [0.717, 1.165) is 0 Å². The zero-order chi connectivity index (χ0) is 11.5. The average Bonchev–Trinajstić information content (AvgIpc) is 2.29. The summed E-state index contributed by atoms with van der Waals surface area (Å²) in [5.41, 5.74) is 0.505. The lowest BCUT2D eigenvalue weighted by atomic mass is 9.91. The number of pyridine rings is 1. The van der Waals surface area contributed by atoms with Crippen molar-refractivity contribution in [3.05, 3.63) is 28.5 Å². The maximum atomic E-state index is 12.1. The van der Waals surface area contributed by atoms with Gasteiger partial charge in [-0.3, -0.25) is 4.79 Å². The van der Waals surface area contributed by atoms with Gasteiger partial charge in [-0.1, -0.05) is 6.07 Å². The van der Waals surface area contributed by atoms with Crippen molar-refractivity contribution in [2.45, 2.75) is 12.8 Å². The Labute approximate surface area is 102 Å². The molecule has 0 aliphatic carbocycles. The molecule has 0 atom stereocenters. The number of carbonyl (C=O) groups is 1. The Balaban J connectivity index is 2.08. The monoisotopic (exact) mass is 284 g/mol. The van der Waals surface area contributed by atoms with Crippen molar-refractivity contribution in [3.8, 4) is 0 Å². The van der Waals surface area contributed by atoms with Crippen molar-refractivity contribution in [3.63, 3.8) is 0 Å². The van der Waals surface area contributed by atoms with Crippen LogP contribution in [0.25, 0.3) is 0 Å². The van der Waals surface area contributed by atoms with Crippen LogP contribution in [0.3, 0.4) is 0 Å². The summed E-state index contributed by atoms with van der Waals surface area (Å²) in [4.78, 5) is 16.2. The number of hydroxylamine groups is 2. The van der Waals surface area contributed by atoms with Crippen LogP contribution in [0.15, 0.2) is 22.8 Å². The van der Waals surface area contributed by atoms with Crippen molar-refractivity contribution in [1.82, 2.24) is 10.0 Å². The fraction of sp³-hybridized carbons (Fsp3) is 0.455. The van der Waals surface area contributed by atoms with E-state index >= 15 is 0 Å². The molecule has 1 aliphatic heterocycles. The van der Waals surface area contributed by atoms with Crippen LogP contribution in [0.2, 0.25) is 0 Å². The Hall–Kier alpha value is -0.780. The SMILES string of the molecule is O=C(c1cccc(Br)n1)C1CCN(O)CC1. The second-order valence-electron chi connectivity index (χ2n) is 3.94. The van der Waals surface area contributed by atoms with Crippen LogP contribution >= 0.6 is 15.9 Å². The summed E-state index contributed by atoms with van der Waals surface area (Å²) in [5.74, 6) is 0.0691. The number of ketones is 1. The number of carbonyl (C=O) groups excluding carboxylic acids is 1. The van der Waals surface area contributed by atoms with Gasteiger partial charge in [0.25, 0.3) is 0 Å². The topological polar surface area (TPSA) is 53.4 Å². The third kappa shape index (κ3) is 2.66. The molecule has 2 heterocycles. The molecular formula is C11H13BrN2O2. The van der Waals surface area contributed by atoms with Gasteiger partial charge < -0.3 is 5.21 Å². The van der Waals surface area contributed by atoms with Gasteiger partial charge in [0.2, 0.25) is 0 Å². The fourth-order valence-electron chi connectivity index (χ4n) is 1.88. The van der Waals surface area contributed by atoms with Crippen LogP contribution in [-0.2, 0) is 0 Å². The van der Waals surface area contributed by atoms with Gasteiger partial charge in [-0.25, -0.2) is 4.98 Å². The zero-order valence-electron chi connectivity index (χ0n) is 8.77. The Morgan fingerprint density at radius 1 is 1.44 bits per heavy atom. The molecular weight excluding hydrogens is 272 g/mol. The van der Waals surface area contributed by atoms with Crippen molar-refractivity contribution in [2.75, 3.05) is 13.1 Å². The fourth-order valence-corrected chi connectivity index (χ4v) is 2.23. The van der Waals surface area contributed by atoms with E-state index in [4.69, 9.17) is 0 Å². The van der Waals surface area contributed by atoms with Gasteiger partial charge in [-0.2, -0.15) is 5.06 Å². The summed E-state index contributed by atoms with van der Waals surface area (Å²) in [5, 5.41) is 10.5. The largest absolute Gasteiger partial charge is 0.314 e. The van der Waals surface area contributed by atoms with Crippen molar-refractivity contribution >= 4 is 21.7 Å². The van der Waals surface area contributed by atoms with Gasteiger partial charge >= 0.3 is 0 Å². The summed E-state index contributed by atoms with van der Waals surface area (Å²) < 4.78 is 0.679. The third-order valence-corrected chi connectivity index (χ3v) is 3.25. The first-order valence-electron chi connectivity index (χ1n) is 5.27. The quantitative estimate of drug-likeness (QED) is 0.668. The highest BCUT2D eigenvalue weighted by Gasteiger charge is 2.25. The van der Waals surface area contributed by atoms with Crippen LogP contribution in [0.1, 0.15) is 23.3 Å². The van der Waals surface area contributed by atoms with Gasteiger partial charge in [0.15, 0.2) is 5.78 Å². The van der Waals surface area contributed by atoms with Gasteiger partial charge in [0.05, 0.1) is 0 Å². The summed E-state index contributed by atoms with van der Waals surface area (Å²) in [6, 6.07) is 5.34. The molecule has 1 aromatic heterocycles. The minimum atomic E-state index is -0.00907. The first-order valence-corrected chi connectivity index (χ1v) is 6.06. The number of Topliss-reactive ketones (excluding diaryl/α,β-unsaturated/α-hetero) is 1. The first-order chi connectivity index (χ1) is 7.66. The molecule has 1 aromatic rings. The number of rotatable bonds is 2. The number of hydrogen-bond donors (Lipinski definition) is 1. The second kappa shape index (κ2) is 5.03. The molecule has 5 heteroatoms. The molecule has 0 aromatic carbocycles. The van der Waals surface area contributed by atoms with E-state index in [2.05, 4.69) is 20.9 Å². The molecule has 2 rings (SSSR count). The van der Waals surface area contributed by atoms with E-state index in [9.17, 15) is 10.0 Å². The van der Waals surface area contributed by atoms with Gasteiger partial charge in [-0.05, 0) is 40.9 Å². The highest BCUT2D eigenvalue weighted by Crippen LogP contribution is 2.20. The molecule has 16 heavy (non-hydrogen) atoms. The Bertz CT molecular complexity index is 389. The maximum absolute atomic E-state index is 12.1. The number of hydrogen-bond acceptors (Lipinski definition) is 4. The van der Waals surface area contributed by atoms with E-state index in [1.807, 2.05) is 6.07 Å². The third-order valence-electron chi connectivity index (χ3n) is 2.81. The Morgan fingerprint density at radius 3 is 2.75 bits per heavy atom. The molecule has 1 fully saturated rings. The van der Waals surface area contributed by atoms with Crippen molar-refractivity contribution in [2.24, 2.45) is 5.92 Å². The summed E-state index contributed by atoms with van der Waals surface area (Å²) >= 11 is 3.25. The van der Waals surface area contributed by atoms with E-state index in [-0.39, 0.29) is 11.7 Å². The summed E-state index contributed by atoms with van der Waals surface area (Å²) in [6.07, 6.45) is 1.40. The molecule has 4 nitrogen and oxygen atoms in total. The second-order valence-corrected chi connectivity index (χ2v) is 4.75. The zero-order valence-corrected chi connectivity index (χ0v) is 10.4. The van der Waals surface area contributed by atoms with Crippen LogP contribution in [0.5, 0.6) is 0 Å². The van der Waals surface area contributed by atoms with Crippen LogP contribution in [0.4, 0.5) is 0 Å². The Morgan fingerprint density at radius 2 is 2.12 bits per heavy atom. The van der Waals surface area contributed by atoms with Crippen molar-refractivity contribution < 1.29 is 10.0 Å². The smallest absolute Gasteiger partial charge is 0.184 e. The summed E-state index contributed by atoms with van der Waals surface area (Å²) in [6.45, 7) is 1.12. The molecule has 1 saturated heterocycles. The standard InChI is InChI=1S/C11H13BrN2O2/c12-10-3-1-2-9(13-10)11(15)8-4-6-14(16)7-5-8/h1-3,8,16H,4-7H2. The number of halogens is 1. The predicted octanol–water partition coefficient (Wildman–Crippen LogP) is 2.13. The predicted molar refractivity (Wildman–Crippen MR) is 62.4 cm³/mol. The number of nitrogens with zero attached hydrogens (tertiary/aromatic N) is 2. The number of piperidine rings is 1. The van der Waals surface area contributed by atoms with E-state index < -0.39 is 0 Å². The molecule has 0 radical (unpaired) electrons. The first kappa shape index (κ1) is 11.7. The lowest BCUT2D eigenvalue weighted by Crippen LogP contribution is -2.34. The Kier molecular flexibility index (Phi) is 3.68. The molecule has 86 valence electrons. The van der Waals surface area contributed by atoms with Gasteiger partial charge in [-0.15, -0.1) is 0 Å². The average molecular weight is 285 g/mol. The molecule has 1 N–H and O–H groups in total. The minimum absolute atomic E-state index is 0.00907. The highest BCUT2D eigenvalue weighted by atomic mass is 79.9. The van der Waals surface area contributed by atoms with Gasteiger partial charge in [0.1, 0.15) is 10.3 Å². The van der Waals surface area contributed by atoms with Gasteiger partial charge in [0, 0.05) is 19.0 Å². The van der Waals surface area contributed by atoms with Crippen LogP contribution in [0, 0.1) is 5.92 Å². The maximum Gasteiger partial charge on any atom is 0.184 e.